The highest BCUT2D eigenvalue weighted by molar-refractivity contribution is 7.15. The summed E-state index contributed by atoms with van der Waals surface area (Å²) in [6.07, 6.45) is 5.29. The lowest BCUT2D eigenvalue weighted by molar-refractivity contribution is 0.936. The van der Waals surface area contributed by atoms with E-state index in [4.69, 9.17) is 0 Å². The highest BCUT2D eigenvalue weighted by atomic mass is 32.1. The standard InChI is InChI=1S/C15H10N4OS2/c1-9-4-6-21-11(9)7-12-14(20)19-15(22-12)17-13(18-19)10-3-2-5-16-8-10/h2-8H,1H3. The summed E-state index contributed by atoms with van der Waals surface area (Å²) in [4.78, 5) is 22.6. The van der Waals surface area contributed by atoms with Crippen LogP contribution in [0.25, 0.3) is 22.4 Å². The zero-order chi connectivity index (χ0) is 15.1. The van der Waals surface area contributed by atoms with Crippen LogP contribution in [-0.4, -0.2) is 19.6 Å². The topological polar surface area (TPSA) is 60.1 Å². The lowest BCUT2D eigenvalue weighted by atomic mass is 10.3. The van der Waals surface area contributed by atoms with Crippen LogP contribution in [-0.2, 0) is 0 Å². The zero-order valence-electron chi connectivity index (χ0n) is 11.6. The van der Waals surface area contributed by atoms with E-state index < -0.39 is 0 Å². The molecule has 0 fully saturated rings. The number of nitrogens with zero attached hydrogens (tertiary/aromatic N) is 4. The Bertz CT molecular complexity index is 1060. The Morgan fingerprint density at radius 2 is 2.23 bits per heavy atom. The molecule has 0 saturated heterocycles. The first-order valence-corrected chi connectivity index (χ1v) is 8.28. The van der Waals surface area contributed by atoms with Crippen molar-refractivity contribution in [1.82, 2.24) is 19.6 Å². The summed E-state index contributed by atoms with van der Waals surface area (Å²) >= 11 is 2.97. The van der Waals surface area contributed by atoms with Gasteiger partial charge in [0.25, 0.3) is 5.56 Å². The smallest absolute Gasteiger partial charge is 0.266 e. The fraction of sp³-hybridized carbons (Fsp3) is 0.0667. The Hall–Kier alpha value is -2.38. The summed E-state index contributed by atoms with van der Waals surface area (Å²) in [6, 6.07) is 5.73. The normalized spacial score (nSPS) is 12.3. The van der Waals surface area contributed by atoms with E-state index in [0.717, 1.165) is 10.4 Å². The second-order valence-electron chi connectivity index (χ2n) is 4.76. The molecule has 0 radical (unpaired) electrons. The highest BCUT2D eigenvalue weighted by Crippen LogP contribution is 2.17. The van der Waals surface area contributed by atoms with Crippen LogP contribution in [0.1, 0.15) is 10.4 Å². The zero-order valence-corrected chi connectivity index (χ0v) is 13.2. The number of fused-ring (bicyclic) bond motifs is 1. The fourth-order valence-electron chi connectivity index (χ4n) is 2.10. The average molecular weight is 326 g/mol. The molecular formula is C15H10N4OS2. The number of aromatic nitrogens is 4. The Kier molecular flexibility index (Phi) is 3.09. The Morgan fingerprint density at radius 3 is 2.91 bits per heavy atom. The number of rotatable bonds is 2. The second-order valence-corrected chi connectivity index (χ2v) is 6.71. The monoisotopic (exact) mass is 326 g/mol. The van der Waals surface area contributed by atoms with E-state index >= 15 is 0 Å². The van der Waals surface area contributed by atoms with E-state index in [1.807, 2.05) is 36.6 Å². The number of pyridine rings is 1. The predicted molar refractivity (Wildman–Crippen MR) is 88.2 cm³/mol. The Balaban J connectivity index is 1.87. The molecule has 108 valence electrons. The molecule has 0 aliphatic rings. The van der Waals surface area contributed by atoms with Crippen LogP contribution in [0.3, 0.4) is 0 Å². The molecule has 22 heavy (non-hydrogen) atoms. The van der Waals surface area contributed by atoms with Crippen LogP contribution >= 0.6 is 22.7 Å². The molecule has 5 nitrogen and oxygen atoms in total. The van der Waals surface area contributed by atoms with Gasteiger partial charge in [0.2, 0.25) is 4.96 Å². The predicted octanol–water partition coefficient (Wildman–Crippen LogP) is 2.13. The minimum atomic E-state index is -0.129. The highest BCUT2D eigenvalue weighted by Gasteiger charge is 2.12. The number of thiophene rings is 1. The molecule has 7 heteroatoms. The van der Waals surface area contributed by atoms with Gasteiger partial charge >= 0.3 is 0 Å². The summed E-state index contributed by atoms with van der Waals surface area (Å²) < 4.78 is 2.01. The summed E-state index contributed by atoms with van der Waals surface area (Å²) in [5.41, 5.74) is 1.84. The third kappa shape index (κ3) is 2.15. The van der Waals surface area contributed by atoms with Gasteiger partial charge in [-0.15, -0.1) is 16.4 Å². The quantitative estimate of drug-likeness (QED) is 0.566. The van der Waals surface area contributed by atoms with Crippen molar-refractivity contribution in [2.75, 3.05) is 0 Å². The van der Waals surface area contributed by atoms with Crippen LogP contribution in [0.15, 0.2) is 40.8 Å². The minimum absolute atomic E-state index is 0.129. The fourth-order valence-corrected chi connectivity index (χ4v) is 3.93. The first-order valence-electron chi connectivity index (χ1n) is 6.58. The van der Waals surface area contributed by atoms with Gasteiger partial charge in [0, 0.05) is 22.8 Å². The van der Waals surface area contributed by atoms with Crippen molar-refractivity contribution in [1.29, 1.82) is 0 Å². The van der Waals surface area contributed by atoms with Crippen LogP contribution in [0.5, 0.6) is 0 Å². The van der Waals surface area contributed by atoms with Crippen molar-refractivity contribution in [2.45, 2.75) is 6.92 Å². The minimum Gasteiger partial charge on any atom is -0.266 e. The van der Waals surface area contributed by atoms with Crippen molar-refractivity contribution in [2.24, 2.45) is 0 Å². The van der Waals surface area contributed by atoms with Gasteiger partial charge < -0.3 is 0 Å². The molecule has 0 saturated carbocycles. The lowest BCUT2D eigenvalue weighted by Gasteiger charge is -1.90. The third-order valence-corrected chi connectivity index (χ3v) is 5.19. The van der Waals surface area contributed by atoms with E-state index in [2.05, 4.69) is 15.1 Å². The van der Waals surface area contributed by atoms with Gasteiger partial charge in [0.05, 0.1) is 4.53 Å². The molecule has 0 unspecified atom stereocenters. The first kappa shape index (κ1) is 13.3. The summed E-state index contributed by atoms with van der Waals surface area (Å²) in [5, 5.41) is 6.32. The summed E-state index contributed by atoms with van der Waals surface area (Å²) in [6.45, 7) is 2.03. The van der Waals surface area contributed by atoms with Crippen molar-refractivity contribution in [3.63, 3.8) is 0 Å². The maximum absolute atomic E-state index is 12.4. The van der Waals surface area contributed by atoms with Gasteiger partial charge in [-0.1, -0.05) is 11.3 Å². The largest absolute Gasteiger partial charge is 0.291 e. The molecule has 4 heterocycles. The van der Waals surface area contributed by atoms with Crippen molar-refractivity contribution < 1.29 is 0 Å². The van der Waals surface area contributed by atoms with Crippen LogP contribution in [0, 0.1) is 6.92 Å². The van der Waals surface area contributed by atoms with Crippen molar-refractivity contribution in [3.8, 4) is 11.4 Å². The molecule has 0 atom stereocenters. The van der Waals surface area contributed by atoms with E-state index in [-0.39, 0.29) is 5.56 Å². The van der Waals surface area contributed by atoms with Crippen LogP contribution in [0.4, 0.5) is 0 Å². The number of thiazole rings is 1. The molecule has 0 amide bonds. The summed E-state index contributed by atoms with van der Waals surface area (Å²) in [5.74, 6) is 0.523. The van der Waals surface area contributed by atoms with E-state index in [1.165, 1.54) is 21.4 Å². The van der Waals surface area contributed by atoms with Gasteiger partial charge in [-0.25, -0.2) is 0 Å². The molecule has 4 aromatic heterocycles. The number of hydrogen-bond acceptors (Lipinski definition) is 6. The third-order valence-electron chi connectivity index (χ3n) is 3.27. The van der Waals surface area contributed by atoms with Gasteiger partial charge in [0.15, 0.2) is 5.82 Å². The van der Waals surface area contributed by atoms with Gasteiger partial charge in [-0.2, -0.15) is 9.50 Å². The lowest BCUT2D eigenvalue weighted by Crippen LogP contribution is -2.23. The number of aryl methyl sites for hydroxylation is 1. The van der Waals surface area contributed by atoms with Gasteiger partial charge in [0.1, 0.15) is 0 Å². The average Bonchev–Trinajstić information content (AvgIpc) is 3.20. The molecular weight excluding hydrogens is 316 g/mol. The van der Waals surface area contributed by atoms with Gasteiger partial charge in [-0.05, 0) is 42.1 Å². The number of hydrogen-bond donors (Lipinski definition) is 0. The van der Waals surface area contributed by atoms with Gasteiger partial charge in [-0.3, -0.25) is 9.78 Å². The second kappa shape index (κ2) is 5.11. The van der Waals surface area contributed by atoms with E-state index in [1.54, 1.807) is 23.7 Å². The molecule has 4 aromatic rings. The van der Waals surface area contributed by atoms with E-state index in [0.29, 0.717) is 15.3 Å². The molecule has 0 spiro atoms. The Morgan fingerprint density at radius 1 is 1.32 bits per heavy atom. The molecule has 0 aliphatic carbocycles. The van der Waals surface area contributed by atoms with Crippen LogP contribution in [0.2, 0.25) is 0 Å². The SMILES string of the molecule is Cc1ccsc1C=c1sc2nc(-c3cccnc3)nn2c1=O. The maximum atomic E-state index is 12.4. The Labute approximate surface area is 133 Å². The summed E-state index contributed by atoms with van der Waals surface area (Å²) in [7, 11) is 0. The molecule has 0 N–H and O–H groups in total. The van der Waals surface area contributed by atoms with Crippen molar-refractivity contribution in [3.05, 3.63) is 61.3 Å². The van der Waals surface area contributed by atoms with Crippen molar-refractivity contribution >= 4 is 33.7 Å². The molecule has 4 rings (SSSR count). The molecule has 0 bridgehead atoms. The van der Waals surface area contributed by atoms with Crippen LogP contribution < -0.4 is 10.1 Å². The molecule has 0 aliphatic heterocycles. The first-order chi connectivity index (χ1) is 10.7. The molecule has 0 aromatic carbocycles. The van der Waals surface area contributed by atoms with E-state index in [9.17, 15) is 4.79 Å². The maximum Gasteiger partial charge on any atom is 0.291 e.